The van der Waals surface area contributed by atoms with Crippen LogP contribution >= 0.6 is 0 Å². The quantitative estimate of drug-likeness (QED) is 0.544. The Labute approximate surface area is 155 Å². The minimum Gasteiger partial charge on any atom is -0.325 e. The summed E-state index contributed by atoms with van der Waals surface area (Å²) in [5.74, 6) is 0.860. The van der Waals surface area contributed by atoms with Crippen molar-refractivity contribution in [2.45, 2.75) is 6.04 Å². The van der Waals surface area contributed by atoms with Crippen LogP contribution in [0.4, 0.5) is 5.95 Å². The number of carbonyl (C=O) groups excluding carboxylic acids is 1. The van der Waals surface area contributed by atoms with Crippen molar-refractivity contribution < 1.29 is 4.79 Å². The maximum atomic E-state index is 13.4. The second kappa shape index (κ2) is 5.17. The zero-order valence-corrected chi connectivity index (χ0v) is 14.4. The molecule has 6 rings (SSSR count). The molecule has 0 saturated heterocycles. The van der Waals surface area contributed by atoms with E-state index in [9.17, 15) is 4.79 Å². The molecule has 1 aliphatic heterocycles. The number of allylic oxidation sites excluding steroid dienone is 1. The molecule has 4 nitrogen and oxygen atoms in total. The van der Waals surface area contributed by atoms with Crippen LogP contribution in [0.3, 0.4) is 0 Å². The highest BCUT2D eigenvalue weighted by molar-refractivity contribution is 6.23. The maximum absolute atomic E-state index is 13.4. The predicted molar refractivity (Wildman–Crippen MR) is 106 cm³/mol. The van der Waals surface area contributed by atoms with Crippen molar-refractivity contribution in [1.82, 2.24) is 9.55 Å². The zero-order valence-electron chi connectivity index (χ0n) is 14.4. The number of Topliss-reactive ketones (excluding diaryl/α,β-unsaturated/α-hetero) is 1. The van der Waals surface area contributed by atoms with Crippen LogP contribution in [0.2, 0.25) is 0 Å². The van der Waals surface area contributed by atoms with Crippen LogP contribution in [0.1, 0.15) is 27.5 Å². The van der Waals surface area contributed by atoms with Gasteiger partial charge < -0.3 is 5.32 Å². The van der Waals surface area contributed by atoms with E-state index in [0.717, 1.165) is 44.9 Å². The van der Waals surface area contributed by atoms with Crippen LogP contribution in [-0.2, 0) is 0 Å². The van der Waals surface area contributed by atoms with Gasteiger partial charge in [-0.3, -0.25) is 9.36 Å². The lowest BCUT2D eigenvalue weighted by molar-refractivity contribution is 0.103. The van der Waals surface area contributed by atoms with Gasteiger partial charge in [-0.1, -0.05) is 66.7 Å². The summed E-state index contributed by atoms with van der Waals surface area (Å²) in [6, 6.07) is 25.8. The minimum atomic E-state index is -0.204. The summed E-state index contributed by atoms with van der Waals surface area (Å²) in [6.45, 7) is 0. The van der Waals surface area contributed by atoms with Gasteiger partial charge in [0.2, 0.25) is 5.95 Å². The number of hydrogen-bond acceptors (Lipinski definition) is 3. The summed E-state index contributed by atoms with van der Waals surface area (Å²) in [6.07, 6.45) is 0. The van der Waals surface area contributed by atoms with Gasteiger partial charge in [-0.25, -0.2) is 4.98 Å². The molecule has 3 aromatic carbocycles. The molecule has 0 amide bonds. The zero-order chi connectivity index (χ0) is 18.0. The van der Waals surface area contributed by atoms with Crippen molar-refractivity contribution in [3.05, 3.63) is 101 Å². The Morgan fingerprint density at radius 1 is 0.815 bits per heavy atom. The first kappa shape index (κ1) is 14.5. The lowest BCUT2D eigenvalue weighted by Crippen LogP contribution is -2.24. The monoisotopic (exact) mass is 349 g/mol. The topological polar surface area (TPSA) is 46.9 Å². The van der Waals surface area contributed by atoms with Gasteiger partial charge in [-0.15, -0.1) is 0 Å². The van der Waals surface area contributed by atoms with Crippen molar-refractivity contribution in [3.8, 4) is 0 Å². The highest BCUT2D eigenvalue weighted by Gasteiger charge is 2.40. The van der Waals surface area contributed by atoms with Crippen molar-refractivity contribution >= 4 is 28.5 Å². The van der Waals surface area contributed by atoms with Gasteiger partial charge in [-0.05, 0) is 17.7 Å². The summed E-state index contributed by atoms with van der Waals surface area (Å²) >= 11 is 0. The van der Waals surface area contributed by atoms with Crippen molar-refractivity contribution in [3.63, 3.8) is 0 Å². The summed E-state index contributed by atoms with van der Waals surface area (Å²) in [5.41, 5.74) is 6.40. The van der Waals surface area contributed by atoms with Crippen molar-refractivity contribution in [2.75, 3.05) is 5.32 Å². The lowest BCUT2D eigenvalue weighted by atomic mass is 9.94. The standard InChI is InChI=1S/C23H15N3O/c27-22-16-11-5-4-10-15(16)20-19(22)21(14-8-2-1-3-9-14)26-18-13-7-6-12-17(18)24-23(26)25-20/h1-13,21H,(H,24,25). The second-order valence-corrected chi connectivity index (χ2v) is 6.90. The molecule has 1 aromatic heterocycles. The first-order valence-corrected chi connectivity index (χ1v) is 9.00. The smallest absolute Gasteiger partial charge is 0.209 e. The predicted octanol–water partition coefficient (Wildman–Crippen LogP) is 4.66. The number of carbonyl (C=O) groups is 1. The van der Waals surface area contributed by atoms with Crippen molar-refractivity contribution in [1.29, 1.82) is 0 Å². The third kappa shape index (κ3) is 1.87. The number of aromatic nitrogens is 2. The van der Waals surface area contributed by atoms with E-state index in [-0.39, 0.29) is 11.8 Å². The van der Waals surface area contributed by atoms with Gasteiger partial charge in [0.25, 0.3) is 0 Å². The number of nitrogens with one attached hydrogen (secondary N) is 1. The highest BCUT2D eigenvalue weighted by Crippen LogP contribution is 2.46. The Hall–Kier alpha value is -3.66. The van der Waals surface area contributed by atoms with E-state index in [0.29, 0.717) is 0 Å². The summed E-state index contributed by atoms with van der Waals surface area (Å²) < 4.78 is 2.15. The average Bonchev–Trinajstić information content (AvgIpc) is 3.23. The Morgan fingerprint density at radius 2 is 1.52 bits per heavy atom. The van der Waals surface area contributed by atoms with Gasteiger partial charge in [0.1, 0.15) is 0 Å². The number of benzene rings is 3. The largest absolute Gasteiger partial charge is 0.325 e. The van der Waals surface area contributed by atoms with E-state index in [4.69, 9.17) is 4.98 Å². The first-order chi connectivity index (χ1) is 13.3. The molecule has 2 aliphatic rings. The van der Waals surface area contributed by atoms with Crippen molar-refractivity contribution in [2.24, 2.45) is 0 Å². The van der Waals surface area contributed by atoms with Gasteiger partial charge in [0.15, 0.2) is 5.78 Å². The molecular formula is C23H15N3O. The van der Waals surface area contributed by atoms with Gasteiger partial charge in [0.05, 0.1) is 28.3 Å². The fraction of sp³-hybridized carbons (Fsp3) is 0.0435. The molecule has 1 aliphatic carbocycles. The average molecular weight is 349 g/mol. The molecule has 1 atom stereocenters. The SMILES string of the molecule is O=C1C2=C(Nc3nc4ccccc4n3C2c2ccccc2)c2ccccc21. The Balaban J connectivity index is 1.69. The number of fused-ring (bicyclic) bond motifs is 5. The number of imidazole rings is 1. The van der Waals surface area contributed by atoms with Crippen LogP contribution in [0, 0.1) is 0 Å². The van der Waals surface area contributed by atoms with Gasteiger partial charge >= 0.3 is 0 Å². The Morgan fingerprint density at radius 3 is 2.37 bits per heavy atom. The van der Waals surface area contributed by atoms with E-state index >= 15 is 0 Å². The molecule has 1 unspecified atom stereocenters. The number of rotatable bonds is 1. The number of nitrogens with zero attached hydrogens (tertiary/aromatic N) is 2. The number of ketones is 1. The van der Waals surface area contributed by atoms with Gasteiger partial charge in [0, 0.05) is 11.1 Å². The molecular weight excluding hydrogens is 334 g/mol. The third-order valence-corrected chi connectivity index (χ3v) is 5.43. The maximum Gasteiger partial charge on any atom is 0.209 e. The van der Waals surface area contributed by atoms with E-state index in [1.54, 1.807) is 0 Å². The summed E-state index contributed by atoms with van der Waals surface area (Å²) in [5, 5.41) is 3.45. The Bertz CT molecular complexity index is 1270. The number of para-hydroxylation sites is 2. The van der Waals surface area contributed by atoms with Crippen LogP contribution in [-0.4, -0.2) is 15.3 Å². The second-order valence-electron chi connectivity index (χ2n) is 6.90. The molecule has 0 radical (unpaired) electrons. The van der Waals surface area contributed by atoms with Crippen LogP contribution in [0.5, 0.6) is 0 Å². The molecule has 1 N–H and O–H groups in total. The van der Waals surface area contributed by atoms with E-state index in [1.807, 2.05) is 60.7 Å². The molecule has 0 fully saturated rings. The van der Waals surface area contributed by atoms with Crippen LogP contribution in [0.25, 0.3) is 16.7 Å². The van der Waals surface area contributed by atoms with Crippen LogP contribution < -0.4 is 5.32 Å². The van der Waals surface area contributed by atoms with E-state index in [2.05, 4.69) is 28.1 Å². The Kier molecular flexibility index (Phi) is 2.78. The third-order valence-electron chi connectivity index (χ3n) is 5.43. The molecule has 4 heteroatoms. The molecule has 0 saturated carbocycles. The summed E-state index contributed by atoms with van der Waals surface area (Å²) in [4.78, 5) is 18.1. The highest BCUT2D eigenvalue weighted by atomic mass is 16.1. The molecule has 27 heavy (non-hydrogen) atoms. The fourth-order valence-corrected chi connectivity index (χ4v) is 4.28. The minimum absolute atomic E-state index is 0.0883. The van der Waals surface area contributed by atoms with Gasteiger partial charge in [-0.2, -0.15) is 0 Å². The van der Waals surface area contributed by atoms with Crippen LogP contribution in [0.15, 0.2) is 84.4 Å². The molecule has 4 aromatic rings. The van der Waals surface area contributed by atoms with E-state index in [1.165, 1.54) is 0 Å². The molecule has 128 valence electrons. The fourth-order valence-electron chi connectivity index (χ4n) is 4.28. The van der Waals surface area contributed by atoms with E-state index < -0.39 is 0 Å². The molecule has 0 bridgehead atoms. The lowest BCUT2D eigenvalue weighted by Gasteiger charge is -2.28. The molecule has 2 heterocycles. The normalized spacial score (nSPS) is 17.5. The molecule has 0 spiro atoms. The number of anilines is 1. The number of hydrogen-bond donors (Lipinski definition) is 1. The first-order valence-electron chi connectivity index (χ1n) is 9.00. The summed E-state index contributed by atoms with van der Waals surface area (Å²) in [7, 11) is 0.